The number of anilines is 2. The molecule has 5 aromatic carbocycles. The predicted octanol–water partition coefficient (Wildman–Crippen LogP) is 7.89. The molecule has 0 atom stereocenters. The van der Waals surface area contributed by atoms with E-state index in [9.17, 15) is 10.5 Å². The van der Waals surface area contributed by atoms with Gasteiger partial charge in [-0.3, -0.25) is 5.41 Å². The molecule has 0 saturated heterocycles. The first kappa shape index (κ1) is 21.1. The standard InChI is InChI=1S/C32H22N4O/c33-29(24-13-7-12-22-21-10-1-3-14-25(21)35-32(22)24)23-11-2-4-15-26(23)34-27-16-5-8-19-18-20-9-6-17-28(37)31(20)36-30(19)27/h1-18,33-35,37H. The Labute approximate surface area is 212 Å². The first-order valence-corrected chi connectivity index (χ1v) is 12.1. The number of aromatic nitrogens is 2. The molecule has 0 unspecified atom stereocenters. The van der Waals surface area contributed by atoms with Gasteiger partial charge in [0.2, 0.25) is 0 Å². The maximum Gasteiger partial charge on any atom is 0.141 e. The van der Waals surface area contributed by atoms with Gasteiger partial charge in [0.05, 0.1) is 22.4 Å². The monoisotopic (exact) mass is 478 g/mol. The second-order valence-electron chi connectivity index (χ2n) is 9.16. The summed E-state index contributed by atoms with van der Waals surface area (Å²) in [6, 6.07) is 35.6. The fraction of sp³-hybridized carbons (Fsp3) is 0. The number of aromatic hydroxyl groups is 1. The van der Waals surface area contributed by atoms with Crippen LogP contribution >= 0.6 is 0 Å². The quantitative estimate of drug-likeness (QED) is 0.153. The van der Waals surface area contributed by atoms with Crippen molar-refractivity contribution in [1.82, 2.24) is 9.97 Å². The van der Waals surface area contributed by atoms with Crippen molar-refractivity contribution in [2.24, 2.45) is 0 Å². The van der Waals surface area contributed by atoms with Crippen molar-refractivity contribution in [3.8, 4) is 5.75 Å². The Hall–Kier alpha value is -5.16. The lowest BCUT2D eigenvalue weighted by molar-refractivity contribution is 0.480. The summed E-state index contributed by atoms with van der Waals surface area (Å²) in [6.45, 7) is 0. The number of nitrogens with one attached hydrogen (secondary N) is 3. The zero-order chi connectivity index (χ0) is 24.9. The van der Waals surface area contributed by atoms with E-state index in [1.54, 1.807) is 6.07 Å². The summed E-state index contributed by atoms with van der Waals surface area (Å²) in [6.07, 6.45) is 0. The Morgan fingerprint density at radius 3 is 2.27 bits per heavy atom. The summed E-state index contributed by atoms with van der Waals surface area (Å²) in [5.74, 6) is 0.155. The van der Waals surface area contributed by atoms with Gasteiger partial charge >= 0.3 is 0 Å². The molecule has 0 bridgehead atoms. The molecule has 7 rings (SSSR count). The number of pyridine rings is 1. The predicted molar refractivity (Wildman–Crippen MR) is 152 cm³/mol. The van der Waals surface area contributed by atoms with Crippen molar-refractivity contribution >= 4 is 60.7 Å². The van der Waals surface area contributed by atoms with Crippen molar-refractivity contribution in [1.29, 1.82) is 5.41 Å². The Bertz CT molecular complexity index is 2000. The molecular weight excluding hydrogens is 456 g/mol. The largest absolute Gasteiger partial charge is 0.506 e. The van der Waals surface area contributed by atoms with Gasteiger partial charge in [0, 0.05) is 43.9 Å². The highest BCUT2D eigenvalue weighted by molar-refractivity contribution is 6.23. The number of hydrogen-bond acceptors (Lipinski definition) is 4. The van der Waals surface area contributed by atoms with Crippen molar-refractivity contribution in [2.75, 3.05) is 5.32 Å². The summed E-state index contributed by atoms with van der Waals surface area (Å²) >= 11 is 0. The number of aromatic amines is 1. The summed E-state index contributed by atoms with van der Waals surface area (Å²) in [5, 5.41) is 27.2. The molecule has 0 aliphatic carbocycles. The second-order valence-corrected chi connectivity index (χ2v) is 9.16. The van der Waals surface area contributed by atoms with Crippen molar-refractivity contribution in [3.05, 3.63) is 120 Å². The van der Waals surface area contributed by atoms with Crippen LogP contribution in [0, 0.1) is 5.41 Å². The average Bonchev–Trinajstić information content (AvgIpc) is 3.32. The van der Waals surface area contributed by atoms with E-state index in [1.807, 2.05) is 84.9 Å². The maximum absolute atomic E-state index is 10.4. The molecule has 7 aromatic rings. The molecule has 2 heterocycles. The normalized spacial score (nSPS) is 11.5. The van der Waals surface area contributed by atoms with Gasteiger partial charge in [-0.1, -0.05) is 78.9 Å². The van der Waals surface area contributed by atoms with Crippen LogP contribution in [0.2, 0.25) is 0 Å². The fourth-order valence-corrected chi connectivity index (χ4v) is 5.15. The SMILES string of the molecule is N=C(c1ccccc1Nc1cccc2cc3cccc(O)c3nc12)c1cccc2c1[nH]c1ccccc12. The van der Waals surface area contributed by atoms with E-state index >= 15 is 0 Å². The maximum atomic E-state index is 10.4. The van der Waals surface area contributed by atoms with Gasteiger partial charge in [-0.05, 0) is 30.3 Å². The van der Waals surface area contributed by atoms with Gasteiger partial charge < -0.3 is 15.4 Å². The molecule has 0 amide bonds. The summed E-state index contributed by atoms with van der Waals surface area (Å²) in [5.41, 5.74) is 7.02. The Morgan fingerprint density at radius 1 is 0.676 bits per heavy atom. The topological polar surface area (TPSA) is 84.8 Å². The third-order valence-corrected chi connectivity index (χ3v) is 6.92. The van der Waals surface area contributed by atoms with Gasteiger partial charge in [-0.25, -0.2) is 4.98 Å². The van der Waals surface area contributed by atoms with Crippen LogP contribution in [-0.4, -0.2) is 20.8 Å². The van der Waals surface area contributed by atoms with Crippen LogP contribution in [0.15, 0.2) is 109 Å². The molecule has 2 aromatic heterocycles. The van der Waals surface area contributed by atoms with Gasteiger partial charge in [-0.2, -0.15) is 0 Å². The number of phenolic OH excluding ortho intramolecular Hbond substituents is 1. The molecular formula is C32H22N4O. The van der Waals surface area contributed by atoms with E-state index in [0.717, 1.165) is 60.6 Å². The zero-order valence-corrected chi connectivity index (χ0v) is 19.8. The van der Waals surface area contributed by atoms with E-state index in [4.69, 9.17) is 4.98 Å². The van der Waals surface area contributed by atoms with E-state index in [0.29, 0.717) is 11.2 Å². The molecule has 176 valence electrons. The minimum atomic E-state index is 0.155. The van der Waals surface area contributed by atoms with Crippen LogP contribution < -0.4 is 5.32 Å². The van der Waals surface area contributed by atoms with Crippen LogP contribution in [0.5, 0.6) is 5.75 Å². The highest BCUT2D eigenvalue weighted by Crippen LogP contribution is 2.33. The minimum Gasteiger partial charge on any atom is -0.506 e. The highest BCUT2D eigenvalue weighted by atomic mass is 16.3. The number of para-hydroxylation sites is 5. The molecule has 37 heavy (non-hydrogen) atoms. The van der Waals surface area contributed by atoms with Gasteiger partial charge in [0.25, 0.3) is 0 Å². The smallest absolute Gasteiger partial charge is 0.141 e. The second kappa shape index (κ2) is 8.21. The van der Waals surface area contributed by atoms with Crippen LogP contribution in [0.4, 0.5) is 11.4 Å². The summed E-state index contributed by atoms with van der Waals surface area (Å²) in [7, 11) is 0. The number of benzene rings is 5. The van der Waals surface area contributed by atoms with Gasteiger partial charge in [-0.15, -0.1) is 0 Å². The number of H-pyrrole nitrogens is 1. The fourth-order valence-electron chi connectivity index (χ4n) is 5.15. The molecule has 0 aliphatic heterocycles. The number of rotatable bonds is 4. The number of hydrogen-bond donors (Lipinski definition) is 4. The molecule has 5 heteroatoms. The summed E-state index contributed by atoms with van der Waals surface area (Å²) < 4.78 is 0. The Balaban J connectivity index is 1.35. The molecule has 0 aliphatic rings. The zero-order valence-electron chi connectivity index (χ0n) is 19.8. The third-order valence-electron chi connectivity index (χ3n) is 6.92. The minimum absolute atomic E-state index is 0.155. The Morgan fingerprint density at radius 2 is 1.35 bits per heavy atom. The molecule has 5 nitrogen and oxygen atoms in total. The first-order chi connectivity index (χ1) is 18.2. The highest BCUT2D eigenvalue weighted by Gasteiger charge is 2.16. The first-order valence-electron chi connectivity index (χ1n) is 12.1. The van der Waals surface area contributed by atoms with Crippen molar-refractivity contribution < 1.29 is 5.11 Å². The summed E-state index contributed by atoms with van der Waals surface area (Å²) in [4.78, 5) is 8.32. The van der Waals surface area contributed by atoms with E-state index < -0.39 is 0 Å². The van der Waals surface area contributed by atoms with E-state index in [-0.39, 0.29) is 5.75 Å². The number of nitrogens with zero attached hydrogens (tertiary/aromatic N) is 1. The molecule has 0 radical (unpaired) electrons. The number of phenols is 1. The molecule has 0 fully saturated rings. The number of fused-ring (bicyclic) bond motifs is 5. The van der Waals surface area contributed by atoms with Crippen LogP contribution in [-0.2, 0) is 0 Å². The third kappa shape index (κ3) is 3.40. The lowest BCUT2D eigenvalue weighted by Crippen LogP contribution is -2.06. The lowest BCUT2D eigenvalue weighted by atomic mass is 9.98. The van der Waals surface area contributed by atoms with Gasteiger partial charge in [0.1, 0.15) is 11.3 Å². The van der Waals surface area contributed by atoms with Crippen LogP contribution in [0.3, 0.4) is 0 Å². The van der Waals surface area contributed by atoms with Crippen LogP contribution in [0.25, 0.3) is 43.6 Å². The Kier molecular flexibility index (Phi) is 4.69. The van der Waals surface area contributed by atoms with E-state index in [2.05, 4.69) is 28.5 Å². The molecule has 4 N–H and O–H groups in total. The van der Waals surface area contributed by atoms with Gasteiger partial charge in [0.15, 0.2) is 0 Å². The van der Waals surface area contributed by atoms with Crippen molar-refractivity contribution in [2.45, 2.75) is 0 Å². The molecule has 0 spiro atoms. The van der Waals surface area contributed by atoms with Crippen molar-refractivity contribution in [3.63, 3.8) is 0 Å². The molecule has 0 saturated carbocycles. The average molecular weight is 479 g/mol. The van der Waals surface area contributed by atoms with Crippen LogP contribution in [0.1, 0.15) is 11.1 Å². The lowest BCUT2D eigenvalue weighted by Gasteiger charge is -2.15. The van der Waals surface area contributed by atoms with E-state index in [1.165, 1.54) is 0 Å².